The van der Waals surface area contributed by atoms with E-state index in [1.54, 1.807) is 7.11 Å². The van der Waals surface area contributed by atoms with Gasteiger partial charge in [-0.05, 0) is 56.3 Å². The first-order chi connectivity index (χ1) is 17.7. The molecular weight excluding hydrogens is 452 g/mol. The zero-order valence-electron chi connectivity index (χ0n) is 20.6. The standard InChI is InChI=1S/C29H32N4O3/c1-35-27-16-8-5-13-23(27)26(32-17-9-10-18-32)19-30-29(34)20-33-25-15-7-6-14-24(25)31-28(33)21-36-22-11-3-2-4-12-22/h2-8,11-16,26H,9-10,17-21H2,1H3,(H,30,34). The van der Waals surface area contributed by atoms with Crippen LogP contribution in [0.5, 0.6) is 11.5 Å². The number of benzene rings is 3. The van der Waals surface area contributed by atoms with Gasteiger partial charge < -0.3 is 19.4 Å². The summed E-state index contributed by atoms with van der Waals surface area (Å²) in [5.74, 6) is 2.28. The first-order valence-electron chi connectivity index (χ1n) is 12.5. The summed E-state index contributed by atoms with van der Waals surface area (Å²) in [5, 5.41) is 3.19. The molecule has 1 saturated heterocycles. The molecule has 1 amide bonds. The van der Waals surface area contributed by atoms with Crippen molar-refractivity contribution in [1.29, 1.82) is 0 Å². The lowest BCUT2D eigenvalue weighted by molar-refractivity contribution is -0.121. The first kappa shape index (κ1) is 23.9. The molecule has 1 aliphatic rings. The number of ether oxygens (including phenoxy) is 2. The molecule has 1 atom stereocenters. The number of para-hydroxylation sites is 4. The van der Waals surface area contributed by atoms with Crippen LogP contribution in [0.4, 0.5) is 0 Å². The van der Waals surface area contributed by atoms with Crippen LogP contribution in [0.15, 0.2) is 78.9 Å². The SMILES string of the molecule is COc1ccccc1C(CNC(=O)Cn1c(COc2ccccc2)nc2ccccc21)N1CCCC1. The Balaban J connectivity index is 1.32. The van der Waals surface area contributed by atoms with Gasteiger partial charge in [0.1, 0.15) is 30.5 Å². The Morgan fingerprint density at radius 3 is 2.50 bits per heavy atom. The van der Waals surface area contributed by atoms with Crippen LogP contribution in [0.25, 0.3) is 11.0 Å². The van der Waals surface area contributed by atoms with E-state index in [9.17, 15) is 4.79 Å². The van der Waals surface area contributed by atoms with Gasteiger partial charge in [-0.1, -0.05) is 48.5 Å². The fraction of sp³-hybridized carbons (Fsp3) is 0.310. The summed E-state index contributed by atoms with van der Waals surface area (Å²) in [6, 6.07) is 25.7. The molecule has 7 nitrogen and oxygen atoms in total. The molecule has 0 bridgehead atoms. The van der Waals surface area contributed by atoms with Gasteiger partial charge in [-0.25, -0.2) is 4.98 Å². The molecule has 2 heterocycles. The van der Waals surface area contributed by atoms with E-state index in [1.165, 1.54) is 12.8 Å². The van der Waals surface area contributed by atoms with Gasteiger partial charge in [0.2, 0.25) is 5.91 Å². The Bertz CT molecular complexity index is 1300. The number of rotatable bonds is 10. The monoisotopic (exact) mass is 484 g/mol. The molecule has 1 aliphatic heterocycles. The minimum absolute atomic E-state index is 0.0572. The van der Waals surface area contributed by atoms with Gasteiger partial charge in [-0.2, -0.15) is 0 Å². The lowest BCUT2D eigenvalue weighted by atomic mass is 10.0. The highest BCUT2D eigenvalue weighted by Crippen LogP contribution is 2.31. The summed E-state index contributed by atoms with van der Waals surface area (Å²) < 4.78 is 13.5. The number of hydrogen-bond donors (Lipinski definition) is 1. The molecule has 1 unspecified atom stereocenters. The Morgan fingerprint density at radius 1 is 0.972 bits per heavy atom. The van der Waals surface area contributed by atoms with E-state index in [2.05, 4.69) is 16.3 Å². The summed E-state index contributed by atoms with van der Waals surface area (Å²) in [6.07, 6.45) is 2.34. The fourth-order valence-corrected chi connectivity index (χ4v) is 4.92. The molecule has 7 heteroatoms. The van der Waals surface area contributed by atoms with E-state index in [0.717, 1.165) is 47.0 Å². The van der Waals surface area contributed by atoms with E-state index in [4.69, 9.17) is 14.5 Å². The summed E-state index contributed by atoms with van der Waals surface area (Å²) in [5.41, 5.74) is 2.87. The number of carbonyl (C=O) groups excluding carboxylic acids is 1. The van der Waals surface area contributed by atoms with Gasteiger partial charge in [0, 0.05) is 12.1 Å². The van der Waals surface area contributed by atoms with Crippen LogP contribution in [-0.2, 0) is 17.9 Å². The minimum atomic E-state index is -0.0572. The van der Waals surface area contributed by atoms with Crippen molar-refractivity contribution in [3.05, 3.63) is 90.3 Å². The lowest BCUT2D eigenvalue weighted by Crippen LogP contribution is -2.38. The zero-order chi connectivity index (χ0) is 24.7. The summed E-state index contributed by atoms with van der Waals surface area (Å²) in [4.78, 5) is 20.4. The topological polar surface area (TPSA) is 68.6 Å². The van der Waals surface area contributed by atoms with Crippen LogP contribution in [-0.4, -0.2) is 47.1 Å². The van der Waals surface area contributed by atoms with Crippen LogP contribution in [0.3, 0.4) is 0 Å². The van der Waals surface area contributed by atoms with E-state index < -0.39 is 0 Å². The maximum absolute atomic E-state index is 13.2. The third-order valence-corrected chi connectivity index (χ3v) is 6.72. The third kappa shape index (κ3) is 5.36. The average molecular weight is 485 g/mol. The molecule has 0 saturated carbocycles. The van der Waals surface area contributed by atoms with Crippen molar-refractivity contribution in [3.63, 3.8) is 0 Å². The highest BCUT2D eigenvalue weighted by molar-refractivity contribution is 5.81. The second-order valence-electron chi connectivity index (χ2n) is 9.01. The molecule has 1 N–H and O–H groups in total. The smallest absolute Gasteiger partial charge is 0.240 e. The molecule has 36 heavy (non-hydrogen) atoms. The van der Waals surface area contributed by atoms with E-state index in [1.807, 2.05) is 77.4 Å². The number of fused-ring (bicyclic) bond motifs is 1. The van der Waals surface area contributed by atoms with Crippen LogP contribution in [0.2, 0.25) is 0 Å². The van der Waals surface area contributed by atoms with Crippen LogP contribution >= 0.6 is 0 Å². The predicted octanol–water partition coefficient (Wildman–Crippen LogP) is 4.58. The average Bonchev–Trinajstić information content (AvgIpc) is 3.57. The Kier molecular flexibility index (Phi) is 7.47. The largest absolute Gasteiger partial charge is 0.496 e. The number of imidazole rings is 1. The Labute approximate surface area is 211 Å². The van der Waals surface area contributed by atoms with Gasteiger partial charge in [0.15, 0.2) is 0 Å². The number of carbonyl (C=O) groups is 1. The van der Waals surface area contributed by atoms with Gasteiger partial charge >= 0.3 is 0 Å². The zero-order valence-corrected chi connectivity index (χ0v) is 20.6. The van der Waals surface area contributed by atoms with Crippen molar-refractivity contribution in [2.45, 2.75) is 32.0 Å². The summed E-state index contributed by atoms with van der Waals surface area (Å²) in [6.45, 7) is 3.01. The Hall–Kier alpha value is -3.84. The molecule has 0 radical (unpaired) electrons. The third-order valence-electron chi connectivity index (χ3n) is 6.72. The number of nitrogens with zero attached hydrogens (tertiary/aromatic N) is 3. The van der Waals surface area contributed by atoms with E-state index >= 15 is 0 Å². The second kappa shape index (κ2) is 11.3. The van der Waals surface area contributed by atoms with Crippen molar-refractivity contribution in [3.8, 4) is 11.5 Å². The fourth-order valence-electron chi connectivity index (χ4n) is 4.92. The number of likely N-dealkylation sites (tertiary alicyclic amines) is 1. The molecule has 5 rings (SSSR count). The van der Waals surface area contributed by atoms with Crippen molar-refractivity contribution in [2.75, 3.05) is 26.7 Å². The van der Waals surface area contributed by atoms with Gasteiger partial charge in [-0.3, -0.25) is 9.69 Å². The number of aromatic nitrogens is 2. The molecule has 0 spiro atoms. The van der Waals surface area contributed by atoms with Crippen LogP contribution in [0.1, 0.15) is 30.3 Å². The number of hydrogen-bond acceptors (Lipinski definition) is 5. The molecule has 3 aromatic carbocycles. The lowest BCUT2D eigenvalue weighted by Gasteiger charge is -2.29. The van der Waals surface area contributed by atoms with Gasteiger partial charge in [0.25, 0.3) is 0 Å². The maximum Gasteiger partial charge on any atom is 0.240 e. The van der Waals surface area contributed by atoms with Gasteiger partial charge in [-0.15, -0.1) is 0 Å². The van der Waals surface area contributed by atoms with Gasteiger partial charge in [0.05, 0.1) is 24.2 Å². The highest BCUT2D eigenvalue weighted by atomic mass is 16.5. The second-order valence-corrected chi connectivity index (χ2v) is 9.01. The predicted molar refractivity (Wildman–Crippen MR) is 140 cm³/mol. The molecule has 1 fully saturated rings. The van der Waals surface area contributed by atoms with E-state index in [0.29, 0.717) is 6.54 Å². The maximum atomic E-state index is 13.2. The molecular formula is C29H32N4O3. The number of nitrogens with one attached hydrogen (secondary N) is 1. The van der Waals surface area contributed by atoms with Crippen molar-refractivity contribution in [1.82, 2.24) is 19.8 Å². The first-order valence-corrected chi connectivity index (χ1v) is 12.5. The summed E-state index contributed by atoms with van der Waals surface area (Å²) in [7, 11) is 1.70. The molecule has 1 aromatic heterocycles. The molecule has 186 valence electrons. The highest BCUT2D eigenvalue weighted by Gasteiger charge is 2.26. The van der Waals surface area contributed by atoms with Crippen molar-refractivity contribution < 1.29 is 14.3 Å². The molecule has 4 aromatic rings. The van der Waals surface area contributed by atoms with Crippen LogP contribution in [0, 0.1) is 0 Å². The van der Waals surface area contributed by atoms with E-state index in [-0.39, 0.29) is 25.1 Å². The normalized spacial score (nSPS) is 14.6. The van der Waals surface area contributed by atoms with Crippen molar-refractivity contribution >= 4 is 16.9 Å². The molecule has 0 aliphatic carbocycles. The van der Waals surface area contributed by atoms with Crippen molar-refractivity contribution in [2.24, 2.45) is 0 Å². The van der Waals surface area contributed by atoms with Crippen LogP contribution < -0.4 is 14.8 Å². The Morgan fingerprint density at radius 2 is 1.69 bits per heavy atom. The number of methoxy groups -OCH3 is 1. The number of amides is 1. The minimum Gasteiger partial charge on any atom is -0.496 e. The summed E-state index contributed by atoms with van der Waals surface area (Å²) >= 11 is 0. The quantitative estimate of drug-likeness (QED) is 0.357.